The maximum absolute atomic E-state index is 5.81. The predicted molar refractivity (Wildman–Crippen MR) is 57.8 cm³/mol. The van der Waals surface area contributed by atoms with Crippen molar-refractivity contribution < 1.29 is 9.47 Å². The molecule has 1 saturated heterocycles. The van der Waals surface area contributed by atoms with Gasteiger partial charge in [0, 0.05) is 12.8 Å². The van der Waals surface area contributed by atoms with Crippen LogP contribution in [0, 0.1) is 23.7 Å². The molecule has 0 bridgehead atoms. The van der Waals surface area contributed by atoms with Crippen LogP contribution in [0.1, 0.15) is 26.2 Å². The summed E-state index contributed by atoms with van der Waals surface area (Å²) in [7, 11) is 0. The third-order valence-electron chi connectivity index (χ3n) is 2.51. The van der Waals surface area contributed by atoms with Crippen molar-refractivity contribution in [3.63, 3.8) is 0 Å². The summed E-state index contributed by atoms with van der Waals surface area (Å²) in [6, 6.07) is 0. The maximum Gasteiger partial charge on any atom is 0.188 e. The summed E-state index contributed by atoms with van der Waals surface area (Å²) in [5.74, 6) is 10.8. The van der Waals surface area contributed by atoms with E-state index in [1.807, 2.05) is 12.2 Å². The van der Waals surface area contributed by atoms with Crippen molar-refractivity contribution in [1.82, 2.24) is 0 Å². The standard InChI is InChI=1S/C13H14O2/c1-2-3-4-5-7-12-8-10-13(15-12)9-6-11-14-13/h8,10,12H,6-7,9,11H2,1H3. The Hall–Kier alpha value is -1.22. The van der Waals surface area contributed by atoms with Gasteiger partial charge in [-0.1, -0.05) is 17.9 Å². The largest absolute Gasteiger partial charge is 0.346 e. The molecular formula is C13H14O2. The van der Waals surface area contributed by atoms with E-state index in [-0.39, 0.29) is 6.10 Å². The van der Waals surface area contributed by atoms with Crippen LogP contribution in [0.2, 0.25) is 0 Å². The summed E-state index contributed by atoms with van der Waals surface area (Å²) in [6.07, 6.45) is 6.86. The van der Waals surface area contributed by atoms with E-state index in [0.29, 0.717) is 6.42 Å². The first-order valence-corrected chi connectivity index (χ1v) is 5.25. The Bertz CT molecular complexity index is 367. The lowest BCUT2D eigenvalue weighted by Crippen LogP contribution is -2.27. The molecule has 1 fully saturated rings. The second-order valence-corrected chi connectivity index (χ2v) is 3.66. The summed E-state index contributed by atoms with van der Waals surface area (Å²) >= 11 is 0. The SMILES string of the molecule is CC#CC#CCC1C=CC2(CCCO2)O1. The predicted octanol–water partition coefficient (Wildman–Crippen LogP) is 1.86. The van der Waals surface area contributed by atoms with Crippen molar-refractivity contribution >= 4 is 0 Å². The molecule has 0 saturated carbocycles. The van der Waals surface area contributed by atoms with Crippen molar-refractivity contribution in [2.75, 3.05) is 6.61 Å². The third kappa shape index (κ3) is 2.42. The van der Waals surface area contributed by atoms with Gasteiger partial charge in [-0.3, -0.25) is 0 Å². The molecule has 2 heterocycles. The third-order valence-corrected chi connectivity index (χ3v) is 2.51. The van der Waals surface area contributed by atoms with Crippen molar-refractivity contribution in [2.24, 2.45) is 0 Å². The summed E-state index contributed by atoms with van der Waals surface area (Å²) < 4.78 is 11.4. The van der Waals surface area contributed by atoms with Crippen molar-refractivity contribution in [1.29, 1.82) is 0 Å². The number of rotatable bonds is 1. The van der Waals surface area contributed by atoms with Gasteiger partial charge in [0.2, 0.25) is 0 Å². The molecule has 0 aromatic rings. The second-order valence-electron chi connectivity index (χ2n) is 3.66. The van der Waals surface area contributed by atoms with Crippen LogP contribution in [0.3, 0.4) is 0 Å². The highest BCUT2D eigenvalue weighted by Gasteiger charge is 2.39. The van der Waals surface area contributed by atoms with Gasteiger partial charge >= 0.3 is 0 Å². The molecule has 0 N–H and O–H groups in total. The van der Waals surface area contributed by atoms with Gasteiger partial charge in [0.05, 0.1) is 12.7 Å². The van der Waals surface area contributed by atoms with Gasteiger partial charge in [-0.15, -0.1) is 0 Å². The Morgan fingerprint density at radius 1 is 1.47 bits per heavy atom. The van der Waals surface area contributed by atoms with Crippen LogP contribution in [0.5, 0.6) is 0 Å². The smallest absolute Gasteiger partial charge is 0.188 e. The zero-order chi connectivity index (χ0) is 10.6. The van der Waals surface area contributed by atoms with Crippen LogP contribution >= 0.6 is 0 Å². The van der Waals surface area contributed by atoms with Crippen LogP contribution in [0.25, 0.3) is 0 Å². The number of hydrogen-bond donors (Lipinski definition) is 0. The molecule has 2 aliphatic heterocycles. The van der Waals surface area contributed by atoms with Crippen molar-refractivity contribution in [3.8, 4) is 23.7 Å². The molecule has 0 amide bonds. The van der Waals surface area contributed by atoms with Gasteiger partial charge in [0.15, 0.2) is 5.79 Å². The zero-order valence-electron chi connectivity index (χ0n) is 8.88. The maximum atomic E-state index is 5.81. The Kier molecular flexibility index (Phi) is 3.11. The summed E-state index contributed by atoms with van der Waals surface area (Å²) in [4.78, 5) is 0. The topological polar surface area (TPSA) is 18.5 Å². The van der Waals surface area contributed by atoms with Gasteiger partial charge in [0.1, 0.15) is 0 Å². The van der Waals surface area contributed by atoms with Crippen LogP contribution in [-0.2, 0) is 9.47 Å². The van der Waals surface area contributed by atoms with E-state index in [0.717, 1.165) is 19.4 Å². The molecule has 2 atom stereocenters. The van der Waals surface area contributed by atoms with E-state index < -0.39 is 5.79 Å². The lowest BCUT2D eigenvalue weighted by molar-refractivity contribution is -0.178. The Labute approximate surface area is 90.6 Å². The minimum atomic E-state index is -0.428. The summed E-state index contributed by atoms with van der Waals surface area (Å²) in [6.45, 7) is 2.58. The van der Waals surface area contributed by atoms with E-state index in [2.05, 4.69) is 23.7 Å². The fraction of sp³-hybridized carbons (Fsp3) is 0.538. The van der Waals surface area contributed by atoms with Crippen LogP contribution in [0.15, 0.2) is 12.2 Å². The van der Waals surface area contributed by atoms with E-state index in [4.69, 9.17) is 9.47 Å². The molecule has 2 unspecified atom stereocenters. The first kappa shape index (κ1) is 10.3. The normalized spacial score (nSPS) is 32.2. The van der Waals surface area contributed by atoms with E-state index >= 15 is 0 Å². The number of ether oxygens (including phenoxy) is 2. The Balaban J connectivity index is 1.86. The minimum absolute atomic E-state index is 0.0641. The van der Waals surface area contributed by atoms with Gasteiger partial charge in [0.25, 0.3) is 0 Å². The first-order chi connectivity index (χ1) is 7.35. The minimum Gasteiger partial charge on any atom is -0.346 e. The van der Waals surface area contributed by atoms with E-state index in [9.17, 15) is 0 Å². The van der Waals surface area contributed by atoms with Crippen molar-refractivity contribution in [3.05, 3.63) is 12.2 Å². The Morgan fingerprint density at radius 2 is 2.40 bits per heavy atom. The molecular weight excluding hydrogens is 188 g/mol. The average Bonchev–Trinajstić information content (AvgIpc) is 2.85. The molecule has 0 aromatic carbocycles. The van der Waals surface area contributed by atoms with Gasteiger partial charge in [-0.25, -0.2) is 0 Å². The molecule has 0 aromatic heterocycles. The molecule has 0 radical (unpaired) electrons. The van der Waals surface area contributed by atoms with Gasteiger partial charge in [-0.2, -0.15) is 0 Å². The second kappa shape index (κ2) is 4.53. The van der Waals surface area contributed by atoms with Gasteiger partial charge in [-0.05, 0) is 31.3 Å². The molecule has 2 heteroatoms. The van der Waals surface area contributed by atoms with E-state index in [1.54, 1.807) is 6.92 Å². The highest BCUT2D eigenvalue weighted by atomic mass is 16.7. The highest BCUT2D eigenvalue weighted by molar-refractivity contribution is 5.26. The molecule has 1 spiro atoms. The molecule has 2 nitrogen and oxygen atoms in total. The van der Waals surface area contributed by atoms with Crippen LogP contribution < -0.4 is 0 Å². The molecule has 0 aliphatic carbocycles. The zero-order valence-corrected chi connectivity index (χ0v) is 8.88. The average molecular weight is 202 g/mol. The lowest BCUT2D eigenvalue weighted by atomic mass is 10.2. The van der Waals surface area contributed by atoms with Crippen molar-refractivity contribution in [2.45, 2.75) is 38.1 Å². The molecule has 2 aliphatic rings. The monoisotopic (exact) mass is 202 g/mol. The Morgan fingerprint density at radius 3 is 3.13 bits per heavy atom. The first-order valence-electron chi connectivity index (χ1n) is 5.25. The van der Waals surface area contributed by atoms with Crippen LogP contribution in [-0.4, -0.2) is 18.5 Å². The molecule has 15 heavy (non-hydrogen) atoms. The molecule has 2 rings (SSSR count). The summed E-state index contributed by atoms with van der Waals surface area (Å²) in [5.41, 5.74) is 0. The fourth-order valence-electron chi connectivity index (χ4n) is 1.82. The van der Waals surface area contributed by atoms with Crippen LogP contribution in [0.4, 0.5) is 0 Å². The number of hydrogen-bond acceptors (Lipinski definition) is 2. The quantitative estimate of drug-likeness (QED) is 0.477. The molecule has 78 valence electrons. The fourth-order valence-corrected chi connectivity index (χ4v) is 1.82. The van der Waals surface area contributed by atoms with Gasteiger partial charge < -0.3 is 9.47 Å². The summed E-state index contributed by atoms with van der Waals surface area (Å²) in [5, 5.41) is 0. The lowest BCUT2D eigenvalue weighted by Gasteiger charge is -2.22. The highest BCUT2D eigenvalue weighted by Crippen LogP contribution is 2.34. The van der Waals surface area contributed by atoms with E-state index in [1.165, 1.54) is 0 Å².